The van der Waals surface area contributed by atoms with E-state index in [1.165, 1.54) is 18.4 Å². The number of benzene rings is 1. The third-order valence-electron chi connectivity index (χ3n) is 2.54. The molecule has 0 aliphatic rings. The van der Waals surface area contributed by atoms with E-state index in [2.05, 4.69) is 4.98 Å². The average molecular weight is 298 g/mol. The number of methoxy groups -OCH3 is 2. The van der Waals surface area contributed by atoms with Crippen molar-refractivity contribution in [3.05, 3.63) is 33.9 Å². The molecule has 0 saturated heterocycles. The van der Waals surface area contributed by atoms with Crippen LogP contribution in [-0.4, -0.2) is 25.2 Å². The van der Waals surface area contributed by atoms with Crippen LogP contribution in [0.3, 0.4) is 0 Å². The maximum absolute atomic E-state index is 11.8. The highest BCUT2D eigenvalue weighted by Gasteiger charge is 2.23. The first-order valence-corrected chi connectivity index (χ1v) is 6.66. The second-order valence-electron chi connectivity index (χ2n) is 3.72. The van der Waals surface area contributed by atoms with Crippen molar-refractivity contribution >= 4 is 28.9 Å². The van der Waals surface area contributed by atoms with Crippen molar-refractivity contribution in [3.8, 4) is 16.2 Å². The number of nitrogens with zero attached hydrogens (tertiary/aromatic N) is 1. The van der Waals surface area contributed by atoms with Gasteiger partial charge in [-0.2, -0.15) is 0 Å². The minimum Gasteiger partial charge on any atom is -0.496 e. The molecule has 0 fully saturated rings. The summed E-state index contributed by atoms with van der Waals surface area (Å²) in [5, 5.41) is 1.27. The van der Waals surface area contributed by atoms with Gasteiger partial charge in [0, 0.05) is 0 Å². The van der Waals surface area contributed by atoms with Crippen molar-refractivity contribution in [3.63, 3.8) is 0 Å². The van der Waals surface area contributed by atoms with Crippen LogP contribution in [0.2, 0.25) is 5.02 Å². The summed E-state index contributed by atoms with van der Waals surface area (Å²) >= 11 is 7.60. The topological polar surface area (TPSA) is 48.4 Å². The Balaban J connectivity index is 2.69. The monoisotopic (exact) mass is 297 g/mol. The van der Waals surface area contributed by atoms with Crippen molar-refractivity contribution in [2.75, 3.05) is 14.2 Å². The highest BCUT2D eigenvalue weighted by Crippen LogP contribution is 2.41. The summed E-state index contributed by atoms with van der Waals surface area (Å²) < 4.78 is 10.0. The van der Waals surface area contributed by atoms with Crippen LogP contribution in [0.25, 0.3) is 10.4 Å². The first-order valence-electron chi connectivity index (χ1n) is 5.47. The lowest BCUT2D eigenvalue weighted by atomic mass is 10.1. The van der Waals surface area contributed by atoms with Gasteiger partial charge in [-0.05, 0) is 19.1 Å². The maximum atomic E-state index is 11.8. The van der Waals surface area contributed by atoms with Crippen LogP contribution in [0.4, 0.5) is 0 Å². The molecule has 0 bridgehead atoms. The molecule has 0 unspecified atom stereocenters. The lowest BCUT2D eigenvalue weighted by Crippen LogP contribution is -2.04. The molecule has 0 aliphatic heterocycles. The minimum atomic E-state index is -0.485. The van der Waals surface area contributed by atoms with E-state index in [0.717, 1.165) is 5.01 Å². The number of aromatic nitrogens is 1. The van der Waals surface area contributed by atoms with Gasteiger partial charge >= 0.3 is 5.97 Å². The molecule has 100 valence electrons. The number of hydrogen-bond donors (Lipinski definition) is 0. The van der Waals surface area contributed by atoms with Crippen molar-refractivity contribution < 1.29 is 14.3 Å². The Morgan fingerprint density at radius 2 is 2.11 bits per heavy atom. The Labute approximate surface area is 120 Å². The normalized spacial score (nSPS) is 10.3. The van der Waals surface area contributed by atoms with Crippen LogP contribution in [0.15, 0.2) is 18.2 Å². The highest BCUT2D eigenvalue weighted by molar-refractivity contribution is 7.15. The predicted octanol–water partition coefficient (Wildman–Crippen LogP) is 3.57. The van der Waals surface area contributed by atoms with E-state index in [0.29, 0.717) is 21.2 Å². The van der Waals surface area contributed by atoms with Crippen LogP contribution < -0.4 is 4.74 Å². The molecule has 1 aromatic carbocycles. The zero-order chi connectivity index (χ0) is 14.0. The van der Waals surface area contributed by atoms with Gasteiger partial charge in [-0.15, -0.1) is 11.3 Å². The van der Waals surface area contributed by atoms with Gasteiger partial charge in [0.2, 0.25) is 0 Å². The largest absolute Gasteiger partial charge is 0.496 e. The van der Waals surface area contributed by atoms with Gasteiger partial charge in [-0.25, -0.2) is 9.78 Å². The smallest absolute Gasteiger partial charge is 0.358 e. The summed E-state index contributed by atoms with van der Waals surface area (Å²) in [5.41, 5.74) is 0.925. The fraction of sp³-hybridized carbons (Fsp3) is 0.231. The van der Waals surface area contributed by atoms with Gasteiger partial charge in [-0.3, -0.25) is 0 Å². The van der Waals surface area contributed by atoms with Crippen LogP contribution in [0.5, 0.6) is 5.75 Å². The average Bonchev–Trinajstić information content (AvgIpc) is 2.79. The van der Waals surface area contributed by atoms with E-state index in [1.807, 2.05) is 6.92 Å². The van der Waals surface area contributed by atoms with E-state index in [-0.39, 0.29) is 5.69 Å². The SMILES string of the molecule is COC(=O)c1nc(C)sc1-c1c(Cl)cccc1OC. The molecule has 1 heterocycles. The lowest BCUT2D eigenvalue weighted by molar-refractivity contribution is 0.0595. The molecular formula is C13H12ClNO3S. The lowest BCUT2D eigenvalue weighted by Gasteiger charge is -2.09. The van der Waals surface area contributed by atoms with Gasteiger partial charge in [-0.1, -0.05) is 17.7 Å². The maximum Gasteiger partial charge on any atom is 0.358 e. The molecule has 0 atom stereocenters. The van der Waals surface area contributed by atoms with Crippen LogP contribution in [0, 0.1) is 6.92 Å². The Kier molecular flexibility index (Phi) is 4.07. The summed E-state index contributed by atoms with van der Waals surface area (Å²) in [5.74, 6) is 0.114. The standard InChI is InChI=1S/C13H12ClNO3S/c1-7-15-11(13(16)18-3)12(19-7)10-8(14)5-4-6-9(10)17-2/h4-6H,1-3H3. The fourth-order valence-corrected chi connectivity index (χ4v) is 3.01. The third-order valence-corrected chi connectivity index (χ3v) is 3.84. The summed E-state index contributed by atoms with van der Waals surface area (Å²) in [6.45, 7) is 1.82. The predicted molar refractivity (Wildman–Crippen MR) is 75.2 cm³/mol. The van der Waals surface area contributed by atoms with Crippen molar-refractivity contribution in [1.29, 1.82) is 0 Å². The van der Waals surface area contributed by atoms with Crippen LogP contribution in [-0.2, 0) is 4.74 Å². The number of esters is 1. The van der Waals surface area contributed by atoms with Gasteiger partial charge in [0.25, 0.3) is 0 Å². The number of carbonyl (C=O) groups is 1. The fourth-order valence-electron chi connectivity index (χ4n) is 1.73. The molecule has 19 heavy (non-hydrogen) atoms. The van der Waals surface area contributed by atoms with Crippen molar-refractivity contribution in [1.82, 2.24) is 4.98 Å². The van der Waals surface area contributed by atoms with Crippen LogP contribution >= 0.6 is 22.9 Å². The third kappa shape index (κ3) is 2.57. The second-order valence-corrected chi connectivity index (χ2v) is 5.33. The van der Waals surface area contributed by atoms with E-state index in [1.54, 1.807) is 25.3 Å². The Morgan fingerprint density at radius 3 is 2.74 bits per heavy atom. The number of rotatable bonds is 3. The molecule has 0 aliphatic carbocycles. The van der Waals surface area contributed by atoms with Crippen molar-refractivity contribution in [2.24, 2.45) is 0 Å². The molecule has 0 N–H and O–H groups in total. The van der Waals surface area contributed by atoms with E-state index >= 15 is 0 Å². The van der Waals surface area contributed by atoms with Gasteiger partial charge in [0.1, 0.15) is 5.75 Å². The molecule has 0 spiro atoms. The summed E-state index contributed by atoms with van der Waals surface area (Å²) in [7, 11) is 2.88. The molecule has 2 rings (SSSR count). The zero-order valence-electron chi connectivity index (χ0n) is 10.7. The quantitative estimate of drug-likeness (QED) is 0.813. The molecule has 4 nitrogen and oxygen atoms in total. The van der Waals surface area contributed by atoms with E-state index < -0.39 is 5.97 Å². The van der Waals surface area contributed by atoms with Crippen molar-refractivity contribution in [2.45, 2.75) is 6.92 Å². The number of carbonyl (C=O) groups excluding carboxylic acids is 1. The number of thiazole rings is 1. The second kappa shape index (κ2) is 5.59. The van der Waals surface area contributed by atoms with E-state index in [9.17, 15) is 4.79 Å². The zero-order valence-corrected chi connectivity index (χ0v) is 12.3. The minimum absolute atomic E-state index is 0.261. The summed E-state index contributed by atoms with van der Waals surface area (Å²) in [6, 6.07) is 5.32. The molecule has 0 saturated carbocycles. The number of hydrogen-bond acceptors (Lipinski definition) is 5. The first-order chi connectivity index (χ1) is 9.08. The first kappa shape index (κ1) is 13.8. The number of ether oxygens (including phenoxy) is 2. The summed E-state index contributed by atoms with van der Waals surface area (Å²) in [4.78, 5) is 16.6. The molecular weight excluding hydrogens is 286 g/mol. The molecule has 0 amide bonds. The van der Waals surface area contributed by atoms with Gasteiger partial charge in [0.05, 0.1) is 34.7 Å². The molecule has 0 radical (unpaired) electrons. The molecule has 1 aromatic heterocycles. The van der Waals surface area contributed by atoms with E-state index in [4.69, 9.17) is 21.1 Å². The number of halogens is 1. The highest BCUT2D eigenvalue weighted by atomic mass is 35.5. The Morgan fingerprint density at radius 1 is 1.37 bits per heavy atom. The van der Waals surface area contributed by atoms with Crippen LogP contribution in [0.1, 0.15) is 15.5 Å². The Bertz CT molecular complexity index is 624. The Hall–Kier alpha value is -1.59. The summed E-state index contributed by atoms with van der Waals surface area (Å²) in [6.07, 6.45) is 0. The molecule has 6 heteroatoms. The number of aryl methyl sites for hydroxylation is 1. The van der Waals surface area contributed by atoms with Gasteiger partial charge in [0.15, 0.2) is 5.69 Å². The van der Waals surface area contributed by atoms with Gasteiger partial charge < -0.3 is 9.47 Å². The molecule has 2 aromatic rings.